The Hall–Kier alpha value is -1.62. The molecule has 2 N–H and O–H groups in total. The van der Waals surface area contributed by atoms with E-state index < -0.39 is 0 Å². The Kier molecular flexibility index (Phi) is 4.37. The van der Waals surface area contributed by atoms with E-state index in [1.54, 1.807) is 17.7 Å². The summed E-state index contributed by atoms with van der Waals surface area (Å²) >= 11 is 1.71. The SMILES string of the molecule is CNc1ncnc(NC(C)c2ccsc2)c1C(C)C. The number of rotatable bonds is 5. The molecule has 0 radical (unpaired) electrons. The van der Waals surface area contributed by atoms with Gasteiger partial charge in [-0.1, -0.05) is 13.8 Å². The van der Waals surface area contributed by atoms with Crippen LogP contribution < -0.4 is 10.6 Å². The summed E-state index contributed by atoms with van der Waals surface area (Å²) in [5.41, 5.74) is 2.41. The number of hydrogen-bond acceptors (Lipinski definition) is 5. The van der Waals surface area contributed by atoms with Crippen molar-refractivity contribution in [2.24, 2.45) is 0 Å². The van der Waals surface area contributed by atoms with E-state index in [0.29, 0.717) is 5.92 Å². The molecule has 2 rings (SSSR count). The van der Waals surface area contributed by atoms with Gasteiger partial charge < -0.3 is 10.6 Å². The van der Waals surface area contributed by atoms with Crippen LogP contribution in [-0.4, -0.2) is 17.0 Å². The lowest BCUT2D eigenvalue weighted by atomic mass is 10.0. The van der Waals surface area contributed by atoms with Gasteiger partial charge in [0.05, 0.1) is 6.04 Å². The fraction of sp³-hybridized carbons (Fsp3) is 0.429. The van der Waals surface area contributed by atoms with Crippen molar-refractivity contribution in [1.82, 2.24) is 9.97 Å². The van der Waals surface area contributed by atoms with Crippen LogP contribution in [0.1, 0.15) is 43.9 Å². The van der Waals surface area contributed by atoms with Crippen molar-refractivity contribution >= 4 is 23.0 Å². The highest BCUT2D eigenvalue weighted by molar-refractivity contribution is 7.07. The van der Waals surface area contributed by atoms with Gasteiger partial charge in [0.25, 0.3) is 0 Å². The fourth-order valence-electron chi connectivity index (χ4n) is 2.07. The Morgan fingerprint density at radius 3 is 2.47 bits per heavy atom. The smallest absolute Gasteiger partial charge is 0.135 e. The van der Waals surface area contributed by atoms with Crippen LogP contribution in [0, 0.1) is 0 Å². The van der Waals surface area contributed by atoms with Crippen LogP contribution >= 0.6 is 11.3 Å². The lowest BCUT2D eigenvalue weighted by Crippen LogP contribution is -2.12. The minimum Gasteiger partial charge on any atom is -0.373 e. The van der Waals surface area contributed by atoms with Gasteiger partial charge in [-0.3, -0.25) is 0 Å². The number of nitrogens with zero attached hydrogens (tertiary/aromatic N) is 2. The Morgan fingerprint density at radius 2 is 1.89 bits per heavy atom. The summed E-state index contributed by atoms with van der Waals surface area (Å²) in [6.45, 7) is 6.45. The predicted octanol–water partition coefficient (Wildman–Crippen LogP) is 3.88. The zero-order chi connectivity index (χ0) is 13.8. The summed E-state index contributed by atoms with van der Waals surface area (Å²) in [6.07, 6.45) is 1.60. The van der Waals surface area contributed by atoms with Crippen LogP contribution in [0.2, 0.25) is 0 Å². The summed E-state index contributed by atoms with van der Waals surface area (Å²) in [7, 11) is 1.89. The molecule has 0 fully saturated rings. The predicted molar refractivity (Wildman–Crippen MR) is 82.0 cm³/mol. The van der Waals surface area contributed by atoms with Crippen LogP contribution in [0.25, 0.3) is 0 Å². The second-order valence-corrected chi connectivity index (χ2v) is 5.59. The number of anilines is 2. The molecule has 0 aliphatic heterocycles. The molecule has 0 aliphatic rings. The van der Waals surface area contributed by atoms with E-state index in [1.165, 1.54) is 5.56 Å². The molecular weight excluding hydrogens is 256 g/mol. The first-order valence-corrected chi connectivity index (χ1v) is 7.39. The molecule has 19 heavy (non-hydrogen) atoms. The second kappa shape index (κ2) is 6.02. The van der Waals surface area contributed by atoms with Gasteiger partial charge in [-0.15, -0.1) is 0 Å². The van der Waals surface area contributed by atoms with E-state index in [2.05, 4.69) is 58.2 Å². The van der Waals surface area contributed by atoms with E-state index in [9.17, 15) is 0 Å². The zero-order valence-electron chi connectivity index (χ0n) is 11.8. The molecule has 0 spiro atoms. The van der Waals surface area contributed by atoms with Gasteiger partial charge in [0.1, 0.15) is 18.0 Å². The monoisotopic (exact) mass is 276 g/mol. The number of hydrogen-bond donors (Lipinski definition) is 2. The topological polar surface area (TPSA) is 49.8 Å². The molecule has 5 heteroatoms. The maximum atomic E-state index is 4.40. The summed E-state index contributed by atoms with van der Waals surface area (Å²) in [4.78, 5) is 8.69. The first kappa shape index (κ1) is 13.8. The summed E-state index contributed by atoms with van der Waals surface area (Å²) in [5, 5.41) is 10.9. The molecule has 4 nitrogen and oxygen atoms in total. The Bertz CT molecular complexity index is 522. The van der Waals surface area contributed by atoms with Crippen molar-refractivity contribution in [2.75, 3.05) is 17.7 Å². The fourth-order valence-corrected chi connectivity index (χ4v) is 2.82. The number of aromatic nitrogens is 2. The highest BCUT2D eigenvalue weighted by Crippen LogP contribution is 2.30. The summed E-state index contributed by atoms with van der Waals surface area (Å²) in [5.74, 6) is 2.17. The standard InChI is InChI=1S/C14H20N4S/c1-9(2)12-13(15-4)16-8-17-14(12)18-10(3)11-5-6-19-7-11/h5-10H,1-4H3,(H2,15,16,17,18). The van der Waals surface area contributed by atoms with Gasteiger partial charge in [-0.25, -0.2) is 9.97 Å². The highest BCUT2D eigenvalue weighted by atomic mass is 32.1. The zero-order valence-corrected chi connectivity index (χ0v) is 12.6. The van der Waals surface area contributed by atoms with Crippen molar-refractivity contribution in [2.45, 2.75) is 32.7 Å². The Balaban J connectivity index is 2.29. The van der Waals surface area contributed by atoms with Gasteiger partial charge in [-0.05, 0) is 35.2 Å². The molecule has 0 amide bonds. The van der Waals surface area contributed by atoms with Gasteiger partial charge in [0, 0.05) is 12.6 Å². The molecule has 2 aromatic heterocycles. The minimum atomic E-state index is 0.239. The molecule has 0 aromatic carbocycles. The first-order valence-electron chi connectivity index (χ1n) is 6.44. The quantitative estimate of drug-likeness (QED) is 0.870. The van der Waals surface area contributed by atoms with Crippen LogP contribution in [0.5, 0.6) is 0 Å². The molecule has 0 bridgehead atoms. The molecule has 0 saturated heterocycles. The molecule has 102 valence electrons. The minimum absolute atomic E-state index is 0.239. The van der Waals surface area contributed by atoms with Crippen molar-refractivity contribution in [3.63, 3.8) is 0 Å². The van der Waals surface area contributed by atoms with Crippen molar-refractivity contribution in [1.29, 1.82) is 0 Å². The van der Waals surface area contributed by atoms with E-state index >= 15 is 0 Å². The number of nitrogens with one attached hydrogen (secondary N) is 2. The Morgan fingerprint density at radius 1 is 1.16 bits per heavy atom. The molecule has 0 saturated carbocycles. The van der Waals surface area contributed by atoms with Crippen LogP contribution in [0.3, 0.4) is 0 Å². The van der Waals surface area contributed by atoms with Gasteiger partial charge >= 0.3 is 0 Å². The maximum absolute atomic E-state index is 4.40. The van der Waals surface area contributed by atoms with Gasteiger partial charge in [0.15, 0.2) is 0 Å². The average molecular weight is 276 g/mol. The van der Waals surface area contributed by atoms with Crippen LogP contribution in [0.4, 0.5) is 11.6 Å². The van der Waals surface area contributed by atoms with E-state index in [4.69, 9.17) is 0 Å². The third-order valence-corrected chi connectivity index (χ3v) is 3.80. The Labute approximate surface area is 118 Å². The molecular formula is C14H20N4S. The lowest BCUT2D eigenvalue weighted by Gasteiger charge is -2.19. The number of thiophene rings is 1. The maximum Gasteiger partial charge on any atom is 0.135 e. The van der Waals surface area contributed by atoms with Crippen molar-refractivity contribution < 1.29 is 0 Å². The van der Waals surface area contributed by atoms with Crippen molar-refractivity contribution in [3.8, 4) is 0 Å². The average Bonchev–Trinajstić information content (AvgIpc) is 2.92. The third-order valence-electron chi connectivity index (χ3n) is 3.09. The first-order chi connectivity index (χ1) is 9.13. The lowest BCUT2D eigenvalue weighted by molar-refractivity contribution is 0.822. The normalized spacial score (nSPS) is 12.5. The largest absolute Gasteiger partial charge is 0.373 e. The summed E-state index contributed by atoms with van der Waals surface area (Å²) < 4.78 is 0. The third kappa shape index (κ3) is 3.04. The molecule has 2 aromatic rings. The molecule has 1 atom stereocenters. The molecule has 1 unspecified atom stereocenters. The van der Waals surface area contributed by atoms with E-state index in [0.717, 1.165) is 17.2 Å². The van der Waals surface area contributed by atoms with Crippen LogP contribution in [0.15, 0.2) is 23.2 Å². The molecule has 0 aliphatic carbocycles. The summed E-state index contributed by atoms with van der Waals surface area (Å²) in [6, 6.07) is 2.38. The van der Waals surface area contributed by atoms with Gasteiger partial charge in [0.2, 0.25) is 0 Å². The van der Waals surface area contributed by atoms with Crippen molar-refractivity contribution in [3.05, 3.63) is 34.3 Å². The van der Waals surface area contributed by atoms with Gasteiger partial charge in [-0.2, -0.15) is 11.3 Å². The van der Waals surface area contributed by atoms with E-state index in [1.807, 2.05) is 7.05 Å². The van der Waals surface area contributed by atoms with Crippen LogP contribution in [-0.2, 0) is 0 Å². The highest BCUT2D eigenvalue weighted by Gasteiger charge is 2.16. The second-order valence-electron chi connectivity index (χ2n) is 4.81. The van der Waals surface area contributed by atoms with E-state index in [-0.39, 0.29) is 6.04 Å². The molecule has 2 heterocycles.